The molecular formula is C43H63N7O5. The number of hydrogen-bond acceptors (Lipinski definition) is 10. The van der Waals surface area contributed by atoms with Crippen LogP contribution in [0.25, 0.3) is 21.9 Å². The molecule has 1 amide bonds. The molecule has 12 nitrogen and oxygen atoms in total. The van der Waals surface area contributed by atoms with Gasteiger partial charge in [-0.05, 0) is 88.2 Å². The normalized spacial score (nSPS) is 23.2. The first-order valence-corrected chi connectivity index (χ1v) is 20.8. The summed E-state index contributed by atoms with van der Waals surface area (Å²) in [4.78, 5) is 26.4. The number of H-pyrrole nitrogens is 1. The fraction of sp³-hybridized carbons (Fsp3) is 0.605. The average Bonchev–Trinajstić information content (AvgIpc) is 3.84. The van der Waals surface area contributed by atoms with Crippen LogP contribution in [0.15, 0.2) is 59.2 Å². The zero-order valence-electron chi connectivity index (χ0n) is 32.7. The van der Waals surface area contributed by atoms with E-state index in [9.17, 15) is 15.0 Å². The largest absolute Gasteiger partial charge is 0.488 e. The summed E-state index contributed by atoms with van der Waals surface area (Å²) in [7, 11) is 0. The Morgan fingerprint density at radius 2 is 1.45 bits per heavy atom. The van der Waals surface area contributed by atoms with Gasteiger partial charge >= 0.3 is 0 Å². The maximum Gasteiger partial charge on any atom is 0.267 e. The van der Waals surface area contributed by atoms with Crippen LogP contribution < -0.4 is 15.8 Å². The van der Waals surface area contributed by atoms with Crippen LogP contribution in [0.5, 0.6) is 5.75 Å². The van der Waals surface area contributed by atoms with Crippen molar-refractivity contribution in [3.63, 3.8) is 0 Å². The van der Waals surface area contributed by atoms with E-state index in [1.165, 1.54) is 6.54 Å². The van der Waals surface area contributed by atoms with Crippen molar-refractivity contribution in [2.75, 3.05) is 78.5 Å². The Kier molecular flexibility index (Phi) is 13.8. The number of amides is 1. The van der Waals surface area contributed by atoms with Crippen molar-refractivity contribution in [2.24, 2.45) is 11.7 Å². The highest BCUT2D eigenvalue weighted by atomic mass is 16.5. The highest BCUT2D eigenvalue weighted by Crippen LogP contribution is 2.29. The monoisotopic (exact) mass is 757 g/mol. The summed E-state index contributed by atoms with van der Waals surface area (Å²) >= 11 is 0. The number of nitrogens with zero attached hydrogens (tertiary/aromatic N) is 4. The number of nitrogens with two attached hydrogens (primary N) is 1. The summed E-state index contributed by atoms with van der Waals surface area (Å²) in [5.41, 5.74) is 9.16. The minimum absolute atomic E-state index is 0.0516. The van der Waals surface area contributed by atoms with Gasteiger partial charge in [0, 0.05) is 99.4 Å². The van der Waals surface area contributed by atoms with Crippen LogP contribution in [0.1, 0.15) is 67.9 Å². The Morgan fingerprint density at radius 1 is 0.818 bits per heavy atom. The number of para-hydroxylation sites is 1. The fourth-order valence-corrected chi connectivity index (χ4v) is 8.55. The number of furan rings is 1. The lowest BCUT2D eigenvalue weighted by Gasteiger charge is -2.37. The molecule has 0 radical (unpaired) electrons. The van der Waals surface area contributed by atoms with E-state index < -0.39 is 0 Å². The lowest BCUT2D eigenvalue weighted by atomic mass is 9.97. The van der Waals surface area contributed by atoms with Crippen molar-refractivity contribution < 1.29 is 24.2 Å². The van der Waals surface area contributed by atoms with E-state index in [1.54, 1.807) is 6.26 Å². The summed E-state index contributed by atoms with van der Waals surface area (Å²) < 4.78 is 11.8. The first-order chi connectivity index (χ1) is 26.8. The Labute approximate surface area is 325 Å². The maximum absolute atomic E-state index is 13.1. The van der Waals surface area contributed by atoms with Gasteiger partial charge < -0.3 is 55.0 Å². The van der Waals surface area contributed by atoms with Crippen LogP contribution in [0, 0.1) is 5.92 Å². The first kappa shape index (κ1) is 39.7. The molecule has 0 aliphatic carbocycles. The lowest BCUT2D eigenvalue weighted by Crippen LogP contribution is -2.48. The molecular weight excluding hydrogens is 695 g/mol. The molecule has 0 unspecified atom stereocenters. The van der Waals surface area contributed by atoms with Gasteiger partial charge in [0.15, 0.2) is 0 Å². The predicted octanol–water partition coefficient (Wildman–Crippen LogP) is 4.26. The number of benzene rings is 2. The van der Waals surface area contributed by atoms with Crippen molar-refractivity contribution in [2.45, 2.75) is 82.8 Å². The molecule has 0 spiro atoms. The molecule has 0 saturated carbocycles. The molecule has 2 aromatic heterocycles. The number of nitrogens with one attached hydrogen (secondary N) is 2. The number of aliphatic hydroxyl groups is 2. The van der Waals surface area contributed by atoms with E-state index in [0.717, 1.165) is 150 Å². The second kappa shape index (κ2) is 19.1. The number of aromatic nitrogens is 1. The minimum atomic E-state index is -0.153. The van der Waals surface area contributed by atoms with Gasteiger partial charge in [-0.15, -0.1) is 0 Å². The molecule has 6 N–H and O–H groups in total. The Hall–Kier alpha value is -3.49. The number of carbonyl (C=O) groups excluding carboxylic acids is 1. The predicted molar refractivity (Wildman–Crippen MR) is 217 cm³/mol. The fourth-order valence-electron chi connectivity index (χ4n) is 8.55. The minimum Gasteiger partial charge on any atom is -0.488 e. The number of aromatic amines is 1. The third-order valence-electron chi connectivity index (χ3n) is 12.3. The second-order valence-corrected chi connectivity index (χ2v) is 16.4. The number of piperidine rings is 4. The summed E-state index contributed by atoms with van der Waals surface area (Å²) in [6, 6.07) is 16.3. The van der Waals surface area contributed by atoms with Crippen LogP contribution >= 0.6 is 0 Å². The number of fused-ring (bicyclic) bond motifs is 2. The third-order valence-corrected chi connectivity index (χ3v) is 12.3. The summed E-state index contributed by atoms with van der Waals surface area (Å²) in [5, 5.41) is 24.6. The average molecular weight is 758 g/mol. The zero-order valence-corrected chi connectivity index (χ0v) is 32.7. The highest BCUT2D eigenvalue weighted by molar-refractivity contribution is 5.99. The molecule has 8 rings (SSSR count). The topological polar surface area (TPSA) is 147 Å². The van der Waals surface area contributed by atoms with Crippen molar-refractivity contribution in [3.8, 4) is 5.75 Å². The standard InChI is InChI=1S/C31H38N4O4.C12H25N3O/c1-21-18-35(14-11-28(21)36)16-15-34-12-9-23(10-13-34)32-31(37)27-17-25-26(33-27)6-4-8-30(25)39-20-22-19-38-29-7-3-2-5-24(22)29;13-11-1-5-14(6-2-11)9-10-15-7-3-12(16)4-8-15/h2-8,17,19,21,23,28,33,36H,9-16,18,20H2,1H3,(H,32,37);11-12,16H,1-10,13H2/t21-,28-;/m0./s1. The van der Waals surface area contributed by atoms with Crippen molar-refractivity contribution in [1.29, 1.82) is 0 Å². The van der Waals surface area contributed by atoms with Crippen molar-refractivity contribution in [1.82, 2.24) is 29.9 Å². The molecule has 4 aliphatic heterocycles. The molecule has 2 aromatic carbocycles. The van der Waals surface area contributed by atoms with Gasteiger partial charge in [0.1, 0.15) is 23.6 Å². The Bertz CT molecular complexity index is 1770. The molecule has 4 aliphatic rings. The molecule has 4 aromatic rings. The molecule has 0 bridgehead atoms. The third kappa shape index (κ3) is 10.9. The van der Waals surface area contributed by atoms with Crippen LogP contribution in [0.3, 0.4) is 0 Å². The van der Waals surface area contributed by atoms with E-state index in [-0.39, 0.29) is 24.2 Å². The van der Waals surface area contributed by atoms with E-state index >= 15 is 0 Å². The lowest BCUT2D eigenvalue weighted by molar-refractivity contribution is 0.0301. The van der Waals surface area contributed by atoms with Gasteiger partial charge in [-0.1, -0.05) is 31.2 Å². The van der Waals surface area contributed by atoms with E-state index in [2.05, 4.69) is 36.8 Å². The smallest absolute Gasteiger partial charge is 0.267 e. The molecule has 55 heavy (non-hydrogen) atoms. The van der Waals surface area contributed by atoms with Gasteiger partial charge in [0.05, 0.1) is 18.5 Å². The van der Waals surface area contributed by atoms with Crippen LogP contribution in [-0.4, -0.2) is 144 Å². The number of rotatable bonds is 11. The van der Waals surface area contributed by atoms with Crippen LogP contribution in [0.4, 0.5) is 0 Å². The zero-order chi connectivity index (χ0) is 38.1. The number of ether oxygens (including phenoxy) is 1. The van der Waals surface area contributed by atoms with Crippen LogP contribution in [0.2, 0.25) is 0 Å². The van der Waals surface area contributed by atoms with Crippen LogP contribution in [-0.2, 0) is 6.61 Å². The number of aliphatic hydroxyl groups excluding tert-OH is 2. The number of carbonyl (C=O) groups is 1. The molecule has 12 heteroatoms. The van der Waals surface area contributed by atoms with Gasteiger partial charge in [0.25, 0.3) is 5.91 Å². The van der Waals surface area contributed by atoms with Crippen molar-refractivity contribution >= 4 is 27.8 Å². The van der Waals surface area contributed by atoms with Gasteiger partial charge in [-0.2, -0.15) is 0 Å². The van der Waals surface area contributed by atoms with Gasteiger partial charge in [-0.3, -0.25) is 4.79 Å². The number of hydrogen-bond donors (Lipinski definition) is 5. The quantitative estimate of drug-likeness (QED) is 0.151. The molecule has 4 saturated heterocycles. The van der Waals surface area contributed by atoms with Gasteiger partial charge in [0.2, 0.25) is 0 Å². The summed E-state index contributed by atoms with van der Waals surface area (Å²) in [6.07, 6.45) is 8.52. The SMILES string of the molecule is C[C@H]1CN(CCN2CCC(NC(=O)c3cc4c(OCc5coc6ccccc56)cccc4[nH]3)CC2)CC[C@@H]1O.NC1CCN(CCN2CCC(O)CC2)CC1. The molecule has 300 valence electrons. The second-order valence-electron chi connectivity index (χ2n) is 16.4. The molecule has 2 atom stereocenters. The van der Waals surface area contributed by atoms with E-state index in [4.69, 9.17) is 14.9 Å². The van der Waals surface area contributed by atoms with Crippen molar-refractivity contribution in [3.05, 3.63) is 66.1 Å². The summed E-state index contributed by atoms with van der Waals surface area (Å²) in [5.74, 6) is 1.01. The molecule has 6 heterocycles. The first-order valence-electron chi connectivity index (χ1n) is 20.8. The summed E-state index contributed by atoms with van der Waals surface area (Å²) in [6.45, 7) is 15.3. The van der Waals surface area contributed by atoms with Gasteiger partial charge in [-0.25, -0.2) is 0 Å². The number of likely N-dealkylation sites (tertiary alicyclic amines) is 4. The maximum atomic E-state index is 13.1. The van der Waals surface area contributed by atoms with E-state index in [0.29, 0.717) is 24.3 Å². The Morgan fingerprint density at radius 3 is 2.16 bits per heavy atom. The van der Waals surface area contributed by atoms with E-state index in [1.807, 2.05) is 48.5 Å². The molecule has 4 fully saturated rings. The Balaban J connectivity index is 0.000000243. The highest BCUT2D eigenvalue weighted by Gasteiger charge is 2.26.